The number of aryl methyl sites for hydroxylation is 1. The van der Waals surface area contributed by atoms with Crippen LogP contribution in [0.5, 0.6) is 23.0 Å². The van der Waals surface area contributed by atoms with Gasteiger partial charge in [-0.2, -0.15) is 5.10 Å². The van der Waals surface area contributed by atoms with E-state index in [2.05, 4.69) is 36.0 Å². The molecule has 6 rings (SSSR count). The second kappa shape index (κ2) is 11.9. The lowest BCUT2D eigenvalue weighted by atomic mass is 10.1. The van der Waals surface area contributed by atoms with Gasteiger partial charge in [0.05, 0.1) is 31.1 Å². The zero-order valence-electron chi connectivity index (χ0n) is 23.7. The average Bonchev–Trinajstić information content (AvgIpc) is 3.70. The Balaban J connectivity index is 1.29. The summed E-state index contributed by atoms with van der Waals surface area (Å²) in [4.78, 5) is 25.7. The van der Waals surface area contributed by atoms with Crippen LogP contribution in [0, 0.1) is 6.92 Å². The quantitative estimate of drug-likeness (QED) is 0.201. The Kier molecular flexibility index (Phi) is 7.71. The third-order valence-corrected chi connectivity index (χ3v) is 7.10. The highest BCUT2D eigenvalue weighted by Crippen LogP contribution is 2.39. The fraction of sp³-hybridized carbons (Fsp3) is 0.233. The molecular weight excluding hydrogens is 555 g/mol. The number of hydrogen-bond acceptors (Lipinski definition) is 10. The first-order valence-electron chi connectivity index (χ1n) is 13.6. The Bertz CT molecular complexity index is 1850. The summed E-state index contributed by atoms with van der Waals surface area (Å²) in [5.74, 6) is 0.737. The molecule has 4 heterocycles. The highest BCUT2D eigenvalue weighted by atomic mass is 19.1. The summed E-state index contributed by atoms with van der Waals surface area (Å²) < 4.78 is 33.6. The normalized spacial score (nSPS) is 15.1. The number of fused-ring (bicyclic) bond motifs is 2. The van der Waals surface area contributed by atoms with Crippen LogP contribution in [0.4, 0.5) is 21.6 Å². The van der Waals surface area contributed by atoms with Gasteiger partial charge >= 0.3 is 0 Å². The molecule has 3 aromatic heterocycles. The number of benzene rings is 2. The molecule has 1 aliphatic heterocycles. The lowest BCUT2D eigenvalue weighted by Crippen LogP contribution is -2.21. The van der Waals surface area contributed by atoms with E-state index in [0.29, 0.717) is 51.1 Å². The molecule has 43 heavy (non-hydrogen) atoms. The number of carbonyl (C=O) groups excluding carboxylic acids is 1. The maximum Gasteiger partial charge on any atom is 0.284 e. The number of pyridine rings is 1. The van der Waals surface area contributed by atoms with Crippen molar-refractivity contribution in [3.05, 3.63) is 72.7 Å². The monoisotopic (exact) mass is 584 g/mol. The van der Waals surface area contributed by atoms with Gasteiger partial charge in [-0.1, -0.05) is 0 Å². The lowest BCUT2D eigenvalue weighted by molar-refractivity contribution is -0.114. The predicted octanol–water partition coefficient (Wildman–Crippen LogP) is 5.08. The molecule has 220 valence electrons. The van der Waals surface area contributed by atoms with Crippen LogP contribution in [-0.4, -0.2) is 57.3 Å². The molecule has 3 N–H and O–H groups in total. The molecule has 0 spiro atoms. The van der Waals surface area contributed by atoms with E-state index in [-0.39, 0.29) is 11.7 Å². The van der Waals surface area contributed by atoms with E-state index in [4.69, 9.17) is 14.2 Å². The summed E-state index contributed by atoms with van der Waals surface area (Å²) >= 11 is 0. The Labute approximate surface area is 245 Å². The van der Waals surface area contributed by atoms with Crippen molar-refractivity contribution >= 4 is 39.6 Å². The van der Waals surface area contributed by atoms with Crippen molar-refractivity contribution in [1.29, 1.82) is 0 Å². The molecule has 1 atom stereocenters. The fourth-order valence-electron chi connectivity index (χ4n) is 4.90. The van der Waals surface area contributed by atoms with Gasteiger partial charge in [0.1, 0.15) is 41.5 Å². The smallest absolute Gasteiger partial charge is 0.284 e. The average molecular weight is 585 g/mol. The Hall–Kier alpha value is -5.30. The number of anilines is 3. The van der Waals surface area contributed by atoms with Crippen molar-refractivity contribution < 1.29 is 23.4 Å². The van der Waals surface area contributed by atoms with Crippen molar-refractivity contribution in [1.82, 2.24) is 29.9 Å². The number of nitrogens with zero attached hydrogens (tertiary/aromatic N) is 5. The van der Waals surface area contributed by atoms with Crippen LogP contribution in [0.2, 0.25) is 0 Å². The molecule has 0 aliphatic carbocycles. The van der Waals surface area contributed by atoms with Crippen LogP contribution in [0.15, 0.2) is 67.2 Å². The fourth-order valence-corrected chi connectivity index (χ4v) is 4.90. The molecule has 0 saturated carbocycles. The topological polar surface area (TPSA) is 137 Å². The SMILES string of the molecule is COc1cc2ncnc(Nc3cc(C)c(Oc4ccn5ncnc5c4)cc3OC)c2cc1NC(=O)/C(F)=C\[C@H]1CCCN1. The van der Waals surface area contributed by atoms with Gasteiger partial charge in [0.2, 0.25) is 0 Å². The van der Waals surface area contributed by atoms with Crippen LogP contribution < -0.4 is 30.2 Å². The second-order valence-corrected chi connectivity index (χ2v) is 9.93. The highest BCUT2D eigenvalue weighted by Gasteiger charge is 2.19. The predicted molar refractivity (Wildman–Crippen MR) is 159 cm³/mol. The zero-order chi connectivity index (χ0) is 29.9. The summed E-state index contributed by atoms with van der Waals surface area (Å²) in [6.45, 7) is 2.71. The lowest BCUT2D eigenvalue weighted by Gasteiger charge is -2.17. The van der Waals surface area contributed by atoms with Gasteiger partial charge < -0.3 is 30.2 Å². The zero-order valence-corrected chi connectivity index (χ0v) is 23.7. The molecule has 2 aromatic carbocycles. The molecule has 1 amide bonds. The van der Waals surface area contributed by atoms with E-state index in [1.54, 1.807) is 48.2 Å². The van der Waals surface area contributed by atoms with Crippen molar-refractivity contribution in [3.63, 3.8) is 0 Å². The van der Waals surface area contributed by atoms with Gasteiger partial charge in [0, 0.05) is 35.8 Å². The maximum atomic E-state index is 14.7. The maximum absolute atomic E-state index is 14.7. The van der Waals surface area contributed by atoms with Crippen LogP contribution in [-0.2, 0) is 4.79 Å². The van der Waals surface area contributed by atoms with Crippen LogP contribution in [0.1, 0.15) is 18.4 Å². The molecule has 1 saturated heterocycles. The summed E-state index contributed by atoms with van der Waals surface area (Å²) in [6, 6.07) is 10.4. The van der Waals surface area contributed by atoms with Crippen LogP contribution in [0.3, 0.4) is 0 Å². The first-order chi connectivity index (χ1) is 20.9. The minimum absolute atomic E-state index is 0.166. The minimum Gasteiger partial charge on any atom is -0.494 e. The standard InChI is InChI=1S/C30H29FN8O4/c1-17-9-23(27(42-3)14-25(17)43-19-6-8-39-28(11-19)34-16-36-39)37-29-20-12-24(26(41-2)13-22(20)33-15-35-29)38-30(40)21(31)10-18-5-4-7-32-18/h6,8-16,18,32H,4-5,7H2,1-3H3,(H,38,40)(H,33,35,37)/b21-10+/t18-/m1/s1. The number of nitrogens with one attached hydrogen (secondary N) is 3. The van der Waals surface area contributed by atoms with E-state index in [9.17, 15) is 9.18 Å². The molecule has 5 aromatic rings. The third kappa shape index (κ3) is 5.88. The van der Waals surface area contributed by atoms with E-state index in [1.807, 2.05) is 13.0 Å². The molecule has 12 nitrogen and oxygen atoms in total. The first kappa shape index (κ1) is 27.8. The van der Waals surface area contributed by atoms with Crippen molar-refractivity contribution in [2.75, 3.05) is 31.4 Å². The number of rotatable bonds is 9. The summed E-state index contributed by atoms with van der Waals surface area (Å²) in [6.07, 6.45) is 7.68. The molecule has 0 radical (unpaired) electrons. The van der Waals surface area contributed by atoms with Gasteiger partial charge in [-0.25, -0.2) is 23.9 Å². The number of ether oxygens (including phenoxy) is 3. The number of hydrogen-bond donors (Lipinski definition) is 3. The molecule has 0 unspecified atom stereocenters. The van der Waals surface area contributed by atoms with E-state index in [1.165, 1.54) is 25.8 Å². The van der Waals surface area contributed by atoms with Gasteiger partial charge in [-0.05, 0) is 56.1 Å². The number of methoxy groups -OCH3 is 2. The van der Waals surface area contributed by atoms with E-state index >= 15 is 0 Å². The Morgan fingerprint density at radius 2 is 1.88 bits per heavy atom. The van der Waals surface area contributed by atoms with E-state index in [0.717, 1.165) is 24.9 Å². The van der Waals surface area contributed by atoms with Crippen molar-refractivity contribution in [3.8, 4) is 23.0 Å². The van der Waals surface area contributed by atoms with Gasteiger partial charge in [-0.3, -0.25) is 4.79 Å². The summed E-state index contributed by atoms with van der Waals surface area (Å²) in [5, 5.41) is 13.8. The summed E-state index contributed by atoms with van der Waals surface area (Å²) in [7, 11) is 3.02. The minimum atomic E-state index is -0.867. The Morgan fingerprint density at radius 3 is 2.67 bits per heavy atom. The highest BCUT2D eigenvalue weighted by molar-refractivity contribution is 6.05. The second-order valence-electron chi connectivity index (χ2n) is 9.93. The number of amides is 1. The van der Waals surface area contributed by atoms with Crippen LogP contribution in [0.25, 0.3) is 16.6 Å². The molecular formula is C30H29FN8O4. The first-order valence-corrected chi connectivity index (χ1v) is 13.6. The molecule has 0 bridgehead atoms. The molecule has 1 fully saturated rings. The molecule has 13 heteroatoms. The number of halogens is 1. The van der Waals surface area contributed by atoms with Crippen molar-refractivity contribution in [2.45, 2.75) is 25.8 Å². The number of carbonyl (C=O) groups is 1. The van der Waals surface area contributed by atoms with Crippen LogP contribution >= 0.6 is 0 Å². The third-order valence-electron chi connectivity index (χ3n) is 7.10. The van der Waals surface area contributed by atoms with Gasteiger partial charge in [-0.15, -0.1) is 0 Å². The van der Waals surface area contributed by atoms with E-state index < -0.39 is 11.7 Å². The molecule has 1 aliphatic rings. The number of aromatic nitrogens is 5. The van der Waals surface area contributed by atoms with Gasteiger partial charge in [0.15, 0.2) is 11.5 Å². The summed E-state index contributed by atoms with van der Waals surface area (Å²) in [5.41, 5.74) is 2.94. The van der Waals surface area contributed by atoms with Crippen molar-refractivity contribution in [2.24, 2.45) is 0 Å². The Morgan fingerprint density at radius 1 is 1.05 bits per heavy atom. The largest absolute Gasteiger partial charge is 0.494 e. The van der Waals surface area contributed by atoms with Gasteiger partial charge in [0.25, 0.3) is 5.91 Å².